The number of aliphatic carboxylic acids is 1. The topological polar surface area (TPSA) is 140 Å². The number of rotatable bonds is 7. The van der Waals surface area contributed by atoms with Crippen molar-refractivity contribution in [2.75, 3.05) is 0 Å². The molecule has 6 fully saturated rings. The molecule has 6 rings (SSSR count). The van der Waals surface area contributed by atoms with Crippen molar-refractivity contribution in [2.24, 2.45) is 50.7 Å². The van der Waals surface area contributed by atoms with E-state index in [9.17, 15) is 24.6 Å². The van der Waals surface area contributed by atoms with E-state index < -0.39 is 47.9 Å². The van der Waals surface area contributed by atoms with Crippen LogP contribution in [0.1, 0.15) is 120 Å². The Hall–Kier alpha value is -1.71. The van der Waals surface area contributed by atoms with Gasteiger partial charge in [0.05, 0.1) is 36.8 Å². The lowest BCUT2D eigenvalue weighted by Crippen LogP contribution is -2.60. The van der Waals surface area contributed by atoms with Crippen LogP contribution in [0.5, 0.6) is 0 Å². The van der Waals surface area contributed by atoms with E-state index in [-0.39, 0.29) is 57.9 Å². The van der Waals surface area contributed by atoms with Crippen LogP contribution in [0.15, 0.2) is 0 Å². The molecule has 2 spiro atoms. The first-order valence-electron chi connectivity index (χ1n) is 17.4. The summed E-state index contributed by atoms with van der Waals surface area (Å²) < 4.78 is 18.4. The van der Waals surface area contributed by atoms with Crippen molar-refractivity contribution in [3.05, 3.63) is 0 Å². The summed E-state index contributed by atoms with van der Waals surface area (Å²) in [6.07, 6.45) is 4.85. The third kappa shape index (κ3) is 4.52. The molecular formula is C36H56O9. The van der Waals surface area contributed by atoms with E-state index in [1.54, 1.807) is 13.8 Å². The van der Waals surface area contributed by atoms with Crippen LogP contribution >= 0.6 is 0 Å². The van der Waals surface area contributed by atoms with E-state index in [0.29, 0.717) is 18.3 Å². The molecule has 0 amide bonds. The van der Waals surface area contributed by atoms with Crippen molar-refractivity contribution >= 4 is 17.9 Å². The van der Waals surface area contributed by atoms with Crippen LogP contribution in [0.2, 0.25) is 0 Å². The number of carboxylic acids is 1. The number of carboxylic acid groups (broad SMARTS) is 1. The number of carbonyl (C=O) groups excluding carboxylic acids is 2. The van der Waals surface area contributed by atoms with Crippen LogP contribution in [0.25, 0.3) is 0 Å². The molecule has 0 unspecified atom stereocenters. The number of esters is 2. The van der Waals surface area contributed by atoms with E-state index in [4.69, 9.17) is 19.3 Å². The second-order valence-corrected chi connectivity index (χ2v) is 17.6. The highest BCUT2D eigenvalue weighted by atomic mass is 16.6. The molecule has 0 aromatic rings. The van der Waals surface area contributed by atoms with Crippen LogP contribution in [-0.2, 0) is 28.6 Å². The van der Waals surface area contributed by atoms with Gasteiger partial charge in [-0.3, -0.25) is 14.4 Å². The zero-order valence-electron chi connectivity index (χ0n) is 28.6. The molecule has 254 valence electrons. The first-order valence-corrected chi connectivity index (χ1v) is 17.4. The summed E-state index contributed by atoms with van der Waals surface area (Å²) in [5, 5.41) is 32.4. The molecule has 1 heterocycles. The zero-order chi connectivity index (χ0) is 33.1. The van der Waals surface area contributed by atoms with Gasteiger partial charge in [0, 0.05) is 17.8 Å². The molecule has 6 aliphatic rings. The summed E-state index contributed by atoms with van der Waals surface area (Å²) in [7, 11) is 0. The molecule has 5 saturated carbocycles. The summed E-state index contributed by atoms with van der Waals surface area (Å²) in [6.45, 7) is 16.1. The Morgan fingerprint density at radius 2 is 1.62 bits per heavy atom. The lowest BCUT2D eigenvalue weighted by atomic mass is 9.41. The van der Waals surface area contributed by atoms with E-state index in [2.05, 4.69) is 34.6 Å². The van der Waals surface area contributed by atoms with E-state index >= 15 is 0 Å². The van der Waals surface area contributed by atoms with Crippen molar-refractivity contribution in [3.8, 4) is 0 Å². The standard InChI is InChI=1S/C36H56O9/c1-19-17-21(30(32(5,6)42)43-20(2)37)44-28-27(19)33(7)15-16-36-18-35(36)14-13-24(45-26(40)12-11-25(38)39)31(3,4)22(35)9-10-23(36)34(33,8)29(28)41/h19,21-24,27-30,41-42H,9-18H2,1-8H3,(H,38,39)/t19-,21+,22+,23+,24+,27+,28+,29+,30+,33-,34-,35-,36+/m1/s1. The average Bonchev–Trinajstić information content (AvgIpc) is 3.56. The van der Waals surface area contributed by atoms with Gasteiger partial charge in [0.2, 0.25) is 0 Å². The molecule has 1 aliphatic heterocycles. The van der Waals surface area contributed by atoms with Gasteiger partial charge >= 0.3 is 17.9 Å². The maximum absolute atomic E-state index is 12.6. The Morgan fingerprint density at radius 3 is 2.24 bits per heavy atom. The lowest BCUT2D eigenvalue weighted by molar-refractivity contribution is -0.216. The highest BCUT2D eigenvalue weighted by Gasteiger charge is 2.84. The molecule has 9 heteroatoms. The van der Waals surface area contributed by atoms with Gasteiger partial charge in [-0.2, -0.15) is 0 Å². The number of ether oxygens (including phenoxy) is 3. The molecule has 0 bridgehead atoms. The zero-order valence-corrected chi connectivity index (χ0v) is 28.6. The minimum absolute atomic E-state index is 0.0976. The molecule has 9 nitrogen and oxygen atoms in total. The van der Waals surface area contributed by atoms with Gasteiger partial charge in [0.15, 0.2) is 6.10 Å². The number of hydrogen-bond acceptors (Lipinski definition) is 8. The molecular weight excluding hydrogens is 576 g/mol. The molecule has 1 saturated heterocycles. The number of hydrogen-bond donors (Lipinski definition) is 3. The van der Waals surface area contributed by atoms with Crippen LogP contribution in [0.3, 0.4) is 0 Å². The van der Waals surface area contributed by atoms with Crippen molar-refractivity contribution < 1.29 is 43.9 Å². The van der Waals surface area contributed by atoms with Gasteiger partial charge < -0.3 is 29.5 Å². The van der Waals surface area contributed by atoms with Gasteiger partial charge in [0.1, 0.15) is 6.10 Å². The van der Waals surface area contributed by atoms with Crippen LogP contribution in [0, 0.1) is 50.7 Å². The van der Waals surface area contributed by atoms with Gasteiger partial charge in [-0.1, -0.05) is 34.6 Å². The number of aliphatic hydroxyl groups is 2. The summed E-state index contributed by atoms with van der Waals surface area (Å²) in [6, 6.07) is 0. The van der Waals surface area contributed by atoms with Crippen molar-refractivity contribution in [2.45, 2.75) is 156 Å². The van der Waals surface area contributed by atoms with Gasteiger partial charge in [-0.15, -0.1) is 0 Å². The van der Waals surface area contributed by atoms with Crippen molar-refractivity contribution in [1.29, 1.82) is 0 Å². The van der Waals surface area contributed by atoms with E-state index in [1.165, 1.54) is 6.92 Å². The Bertz CT molecular complexity index is 1240. The monoisotopic (exact) mass is 632 g/mol. The third-order valence-corrected chi connectivity index (χ3v) is 14.9. The Morgan fingerprint density at radius 1 is 0.978 bits per heavy atom. The summed E-state index contributed by atoms with van der Waals surface area (Å²) in [4.78, 5) is 35.6. The molecule has 0 aromatic carbocycles. The molecule has 3 N–H and O–H groups in total. The summed E-state index contributed by atoms with van der Waals surface area (Å²) in [5.74, 6) is -0.733. The summed E-state index contributed by atoms with van der Waals surface area (Å²) in [5.41, 5.74) is -1.67. The molecule has 5 aliphatic carbocycles. The van der Waals surface area contributed by atoms with Crippen LogP contribution in [0.4, 0.5) is 0 Å². The highest BCUT2D eigenvalue weighted by molar-refractivity contribution is 5.76. The van der Waals surface area contributed by atoms with E-state index in [1.807, 2.05) is 0 Å². The second kappa shape index (κ2) is 10.4. The molecule has 13 atom stereocenters. The van der Waals surface area contributed by atoms with Crippen LogP contribution < -0.4 is 0 Å². The third-order valence-electron chi connectivity index (χ3n) is 14.9. The maximum Gasteiger partial charge on any atom is 0.306 e. The van der Waals surface area contributed by atoms with Gasteiger partial charge in [-0.25, -0.2) is 0 Å². The van der Waals surface area contributed by atoms with Crippen molar-refractivity contribution in [1.82, 2.24) is 0 Å². The van der Waals surface area contributed by atoms with Gasteiger partial charge in [-0.05, 0) is 105 Å². The fourth-order valence-electron chi connectivity index (χ4n) is 13.0. The first-order chi connectivity index (χ1) is 20.8. The Labute approximate surface area is 268 Å². The maximum atomic E-state index is 12.6. The minimum atomic E-state index is -1.29. The predicted octanol–water partition coefficient (Wildman–Crippen LogP) is 5.28. The summed E-state index contributed by atoms with van der Waals surface area (Å²) >= 11 is 0. The lowest BCUT2D eigenvalue weighted by Gasteiger charge is -2.63. The van der Waals surface area contributed by atoms with E-state index in [0.717, 1.165) is 44.9 Å². The first kappa shape index (κ1) is 33.2. The molecule has 0 aromatic heterocycles. The Balaban J connectivity index is 1.26. The second-order valence-electron chi connectivity index (χ2n) is 17.6. The smallest absolute Gasteiger partial charge is 0.306 e. The number of aliphatic hydroxyl groups excluding tert-OH is 1. The van der Waals surface area contributed by atoms with Crippen molar-refractivity contribution in [3.63, 3.8) is 0 Å². The Kier molecular flexibility index (Phi) is 7.67. The fraction of sp³-hybridized carbons (Fsp3) is 0.917. The minimum Gasteiger partial charge on any atom is -0.481 e. The quantitative estimate of drug-likeness (QED) is 0.320. The normalized spacial score (nSPS) is 48.4. The highest BCUT2D eigenvalue weighted by Crippen LogP contribution is 2.89. The fourth-order valence-corrected chi connectivity index (χ4v) is 13.0. The average molecular weight is 633 g/mol. The van der Waals surface area contributed by atoms with Gasteiger partial charge in [0.25, 0.3) is 0 Å². The van der Waals surface area contributed by atoms with Crippen LogP contribution in [-0.4, -0.2) is 69.3 Å². The molecule has 45 heavy (non-hydrogen) atoms. The number of carbonyl (C=O) groups is 3. The largest absolute Gasteiger partial charge is 0.481 e. The SMILES string of the molecule is CC(=O)O[C@@H]([C@@H]1C[C@@H](C)[C@H]2[C@H](O1)[C@H](O)[C@@]1(C)[C@@H]3CC[C@H]4C(C)(C)[C@@H](OC(=O)CCC(=O)O)CC[C@@]45C[C@@]35CC[C@]21C)C(C)(C)O. The predicted molar refractivity (Wildman–Crippen MR) is 165 cm³/mol. The molecule has 0 radical (unpaired) electrons. The number of fused-ring (bicyclic) bond motifs is 4.